The molecule has 0 bridgehead atoms. The zero-order valence-electron chi connectivity index (χ0n) is 12.8. The lowest BCUT2D eigenvalue weighted by atomic mass is 9.85. The van der Waals surface area contributed by atoms with Crippen molar-refractivity contribution in [2.24, 2.45) is 11.3 Å². The van der Waals surface area contributed by atoms with Crippen molar-refractivity contribution in [1.82, 2.24) is 10.2 Å². The second-order valence-electron chi connectivity index (χ2n) is 6.77. The van der Waals surface area contributed by atoms with E-state index in [0.717, 1.165) is 18.0 Å². The van der Waals surface area contributed by atoms with Gasteiger partial charge in [0, 0.05) is 18.6 Å². The molecule has 0 aromatic heterocycles. The second-order valence-corrected chi connectivity index (χ2v) is 6.77. The molecule has 106 valence electrons. The highest BCUT2D eigenvalue weighted by atomic mass is 15.2. The third-order valence-corrected chi connectivity index (χ3v) is 5.60. The lowest BCUT2D eigenvalue weighted by Crippen LogP contribution is -2.54. The van der Waals surface area contributed by atoms with Crippen LogP contribution in [0.2, 0.25) is 0 Å². The Kier molecular flexibility index (Phi) is 4.71. The van der Waals surface area contributed by atoms with Crippen LogP contribution in [-0.4, -0.2) is 36.6 Å². The molecule has 18 heavy (non-hydrogen) atoms. The fraction of sp³-hybridized carbons (Fsp3) is 1.00. The molecule has 0 radical (unpaired) electrons. The van der Waals surface area contributed by atoms with Gasteiger partial charge in [-0.3, -0.25) is 4.90 Å². The summed E-state index contributed by atoms with van der Waals surface area (Å²) in [4.78, 5) is 2.77. The van der Waals surface area contributed by atoms with E-state index in [2.05, 4.69) is 37.9 Å². The minimum Gasteiger partial charge on any atom is -0.314 e. The highest BCUT2D eigenvalue weighted by molar-refractivity contribution is 4.98. The van der Waals surface area contributed by atoms with Gasteiger partial charge >= 0.3 is 0 Å². The molecule has 3 atom stereocenters. The van der Waals surface area contributed by atoms with Crippen molar-refractivity contribution in [1.29, 1.82) is 0 Å². The van der Waals surface area contributed by atoms with Gasteiger partial charge < -0.3 is 5.32 Å². The SMILES string of the molecule is CCCNC1CCN(CC2(CC)CC2)C(C)C1C. The summed E-state index contributed by atoms with van der Waals surface area (Å²) >= 11 is 0. The predicted molar refractivity (Wildman–Crippen MR) is 78.9 cm³/mol. The molecule has 0 aromatic carbocycles. The molecule has 1 N–H and O–H groups in total. The van der Waals surface area contributed by atoms with E-state index in [9.17, 15) is 0 Å². The molecule has 2 heteroatoms. The third-order valence-electron chi connectivity index (χ3n) is 5.60. The Morgan fingerprint density at radius 3 is 2.50 bits per heavy atom. The van der Waals surface area contributed by atoms with Crippen LogP contribution in [0.4, 0.5) is 0 Å². The number of piperidine rings is 1. The van der Waals surface area contributed by atoms with Gasteiger partial charge in [-0.2, -0.15) is 0 Å². The first-order valence-corrected chi connectivity index (χ1v) is 8.09. The minimum absolute atomic E-state index is 0.706. The Morgan fingerprint density at radius 2 is 1.94 bits per heavy atom. The first kappa shape index (κ1) is 14.3. The van der Waals surface area contributed by atoms with Crippen LogP contribution >= 0.6 is 0 Å². The van der Waals surface area contributed by atoms with Gasteiger partial charge in [-0.1, -0.05) is 20.8 Å². The summed E-state index contributed by atoms with van der Waals surface area (Å²) in [5.41, 5.74) is 0.706. The van der Waals surface area contributed by atoms with E-state index in [4.69, 9.17) is 0 Å². The number of nitrogens with one attached hydrogen (secondary N) is 1. The smallest absolute Gasteiger partial charge is 0.0120 e. The molecular formula is C16H32N2. The minimum atomic E-state index is 0.706. The van der Waals surface area contributed by atoms with Crippen molar-refractivity contribution in [3.8, 4) is 0 Å². The lowest BCUT2D eigenvalue weighted by molar-refractivity contribution is 0.0651. The van der Waals surface area contributed by atoms with Crippen molar-refractivity contribution < 1.29 is 0 Å². The molecular weight excluding hydrogens is 220 g/mol. The molecule has 0 amide bonds. The number of rotatable bonds is 6. The van der Waals surface area contributed by atoms with Gasteiger partial charge in [-0.15, -0.1) is 0 Å². The van der Waals surface area contributed by atoms with Gasteiger partial charge in [0.2, 0.25) is 0 Å². The maximum atomic E-state index is 3.74. The molecule has 2 aliphatic rings. The van der Waals surface area contributed by atoms with Crippen LogP contribution in [0.3, 0.4) is 0 Å². The maximum absolute atomic E-state index is 3.74. The van der Waals surface area contributed by atoms with Crippen LogP contribution < -0.4 is 5.32 Å². The molecule has 1 heterocycles. The zero-order valence-corrected chi connectivity index (χ0v) is 12.8. The van der Waals surface area contributed by atoms with Crippen LogP contribution in [0.15, 0.2) is 0 Å². The van der Waals surface area contributed by atoms with Gasteiger partial charge in [0.1, 0.15) is 0 Å². The molecule has 2 rings (SSSR count). The highest BCUT2D eigenvalue weighted by Crippen LogP contribution is 2.49. The molecule has 2 nitrogen and oxygen atoms in total. The average Bonchev–Trinajstić information content (AvgIpc) is 3.15. The summed E-state index contributed by atoms with van der Waals surface area (Å²) in [6, 6.07) is 1.49. The summed E-state index contributed by atoms with van der Waals surface area (Å²) < 4.78 is 0. The lowest BCUT2D eigenvalue weighted by Gasteiger charge is -2.44. The Hall–Kier alpha value is -0.0800. The van der Waals surface area contributed by atoms with Crippen LogP contribution in [0.5, 0.6) is 0 Å². The Labute approximate surface area is 114 Å². The first-order chi connectivity index (χ1) is 8.62. The van der Waals surface area contributed by atoms with Crippen LogP contribution in [0.25, 0.3) is 0 Å². The second kappa shape index (κ2) is 5.92. The Balaban J connectivity index is 1.85. The van der Waals surface area contributed by atoms with E-state index in [1.807, 2.05) is 0 Å². The molecule has 1 saturated heterocycles. The Bertz CT molecular complexity index is 260. The van der Waals surface area contributed by atoms with Gasteiger partial charge in [0.05, 0.1) is 0 Å². The van der Waals surface area contributed by atoms with Gasteiger partial charge in [-0.05, 0) is 63.5 Å². The number of nitrogens with zero attached hydrogens (tertiary/aromatic N) is 1. The fourth-order valence-electron chi connectivity index (χ4n) is 3.51. The van der Waals surface area contributed by atoms with Crippen molar-refractivity contribution in [2.75, 3.05) is 19.6 Å². The average molecular weight is 252 g/mol. The molecule has 1 aliphatic heterocycles. The van der Waals surface area contributed by atoms with Crippen LogP contribution in [0, 0.1) is 11.3 Å². The van der Waals surface area contributed by atoms with Crippen molar-refractivity contribution >= 4 is 0 Å². The Morgan fingerprint density at radius 1 is 1.22 bits per heavy atom. The molecule has 2 fully saturated rings. The third kappa shape index (κ3) is 3.08. The van der Waals surface area contributed by atoms with E-state index in [1.54, 1.807) is 0 Å². The van der Waals surface area contributed by atoms with E-state index < -0.39 is 0 Å². The van der Waals surface area contributed by atoms with E-state index in [0.29, 0.717) is 5.41 Å². The maximum Gasteiger partial charge on any atom is 0.0120 e. The van der Waals surface area contributed by atoms with Crippen molar-refractivity contribution in [2.45, 2.75) is 71.9 Å². The van der Waals surface area contributed by atoms with Crippen LogP contribution in [0.1, 0.15) is 59.8 Å². The fourth-order valence-corrected chi connectivity index (χ4v) is 3.51. The number of hydrogen-bond donors (Lipinski definition) is 1. The van der Waals surface area contributed by atoms with Gasteiger partial charge in [0.15, 0.2) is 0 Å². The normalized spacial score (nSPS) is 35.7. The molecule has 1 saturated carbocycles. The first-order valence-electron chi connectivity index (χ1n) is 8.09. The zero-order chi connectivity index (χ0) is 13.2. The number of hydrogen-bond acceptors (Lipinski definition) is 2. The molecule has 3 unspecified atom stereocenters. The number of likely N-dealkylation sites (tertiary alicyclic amines) is 1. The summed E-state index contributed by atoms with van der Waals surface area (Å²) in [6.45, 7) is 13.3. The van der Waals surface area contributed by atoms with Gasteiger partial charge in [0.25, 0.3) is 0 Å². The summed E-state index contributed by atoms with van der Waals surface area (Å²) in [5.74, 6) is 0.790. The van der Waals surface area contributed by atoms with E-state index in [1.165, 1.54) is 51.7 Å². The summed E-state index contributed by atoms with van der Waals surface area (Å²) in [7, 11) is 0. The largest absolute Gasteiger partial charge is 0.314 e. The van der Waals surface area contributed by atoms with Crippen molar-refractivity contribution in [3.63, 3.8) is 0 Å². The summed E-state index contributed by atoms with van der Waals surface area (Å²) in [5, 5.41) is 3.74. The van der Waals surface area contributed by atoms with Gasteiger partial charge in [-0.25, -0.2) is 0 Å². The van der Waals surface area contributed by atoms with E-state index >= 15 is 0 Å². The topological polar surface area (TPSA) is 15.3 Å². The quantitative estimate of drug-likeness (QED) is 0.780. The van der Waals surface area contributed by atoms with Crippen molar-refractivity contribution in [3.05, 3.63) is 0 Å². The summed E-state index contributed by atoms with van der Waals surface area (Å²) in [6.07, 6.45) is 6.91. The van der Waals surface area contributed by atoms with E-state index in [-0.39, 0.29) is 0 Å². The predicted octanol–water partition coefficient (Wildman–Crippen LogP) is 3.28. The van der Waals surface area contributed by atoms with Crippen LogP contribution in [-0.2, 0) is 0 Å². The molecule has 1 aliphatic carbocycles. The standard InChI is InChI=1S/C16H32N2/c1-5-10-17-15-7-11-18(14(4)13(15)3)12-16(6-2)8-9-16/h13-15,17H,5-12H2,1-4H3. The highest BCUT2D eigenvalue weighted by Gasteiger charge is 2.44. The molecule has 0 aromatic rings. The monoisotopic (exact) mass is 252 g/mol. The molecule has 0 spiro atoms.